The Morgan fingerprint density at radius 3 is 2.56 bits per heavy atom. The highest BCUT2D eigenvalue weighted by Gasteiger charge is 2.60. The van der Waals surface area contributed by atoms with Gasteiger partial charge < -0.3 is 15.4 Å². The molecule has 5 nitrogen and oxygen atoms in total. The number of benzene rings is 2. The summed E-state index contributed by atoms with van der Waals surface area (Å²) in [5.74, 6) is -0.697. The van der Waals surface area contributed by atoms with Crippen LogP contribution in [-0.4, -0.2) is 30.5 Å². The van der Waals surface area contributed by atoms with E-state index in [9.17, 15) is 18.4 Å². The lowest BCUT2D eigenvalue weighted by Gasteiger charge is -2.37. The summed E-state index contributed by atoms with van der Waals surface area (Å²) in [6.45, 7) is 1.69. The molecule has 0 aromatic heterocycles. The molecule has 3 aliphatic rings. The van der Waals surface area contributed by atoms with Crippen molar-refractivity contribution in [1.82, 2.24) is 10.6 Å². The number of halogens is 3. The van der Waals surface area contributed by atoms with Gasteiger partial charge in [0.2, 0.25) is 5.91 Å². The van der Waals surface area contributed by atoms with Crippen molar-refractivity contribution >= 4 is 23.4 Å². The highest BCUT2D eigenvalue weighted by molar-refractivity contribution is 6.30. The van der Waals surface area contributed by atoms with Crippen molar-refractivity contribution in [2.75, 3.05) is 6.61 Å². The van der Waals surface area contributed by atoms with E-state index >= 15 is 0 Å². The third kappa shape index (κ3) is 4.88. The number of carbonyl (C=O) groups excluding carboxylic acids is 2. The molecule has 2 amide bonds. The van der Waals surface area contributed by atoms with Gasteiger partial charge in [-0.25, -0.2) is 8.78 Å². The summed E-state index contributed by atoms with van der Waals surface area (Å²) in [5.41, 5.74) is 0.514. The molecule has 2 unspecified atom stereocenters. The van der Waals surface area contributed by atoms with E-state index in [4.69, 9.17) is 16.3 Å². The van der Waals surface area contributed by atoms with Crippen LogP contribution in [0.3, 0.4) is 0 Å². The minimum Gasteiger partial charge on any atom is -0.484 e. The maximum Gasteiger partial charge on any atom is 0.258 e. The summed E-state index contributed by atoms with van der Waals surface area (Å²) >= 11 is 5.64. The second-order valence-corrected chi connectivity index (χ2v) is 9.30. The first-order valence-corrected chi connectivity index (χ1v) is 11.0. The lowest BCUT2D eigenvalue weighted by Crippen LogP contribution is -2.48. The molecule has 5 rings (SSSR count). The predicted octanol–water partition coefficient (Wildman–Crippen LogP) is 4.03. The monoisotopic (exact) mass is 462 g/mol. The maximum absolute atomic E-state index is 13.5. The first-order chi connectivity index (χ1) is 15.2. The van der Waals surface area contributed by atoms with Gasteiger partial charge in [-0.3, -0.25) is 9.59 Å². The van der Waals surface area contributed by atoms with Gasteiger partial charge in [-0.05, 0) is 68.4 Å². The van der Waals surface area contributed by atoms with Crippen molar-refractivity contribution in [3.63, 3.8) is 0 Å². The van der Waals surface area contributed by atoms with E-state index < -0.39 is 11.2 Å². The minimum absolute atomic E-state index is 0.00741. The van der Waals surface area contributed by atoms with Gasteiger partial charge in [0.05, 0.1) is 10.4 Å². The molecule has 32 heavy (non-hydrogen) atoms. The number of hydrogen-bond acceptors (Lipinski definition) is 3. The molecular weight excluding hydrogens is 438 g/mol. The summed E-state index contributed by atoms with van der Waals surface area (Å²) < 4.78 is 31.9. The van der Waals surface area contributed by atoms with Gasteiger partial charge in [0, 0.05) is 18.2 Å². The van der Waals surface area contributed by atoms with Crippen molar-refractivity contribution in [3.05, 3.63) is 64.7 Å². The van der Waals surface area contributed by atoms with Crippen molar-refractivity contribution in [2.45, 2.75) is 44.7 Å². The first-order valence-electron chi connectivity index (χ1n) is 10.7. The molecule has 8 heteroatoms. The molecule has 3 fully saturated rings. The van der Waals surface area contributed by atoms with Crippen LogP contribution >= 0.6 is 11.6 Å². The quantitative estimate of drug-likeness (QED) is 0.622. The molecule has 0 saturated heterocycles. The van der Waals surface area contributed by atoms with E-state index in [1.165, 1.54) is 24.3 Å². The smallest absolute Gasteiger partial charge is 0.258 e. The number of rotatable bonds is 8. The Kier molecular flexibility index (Phi) is 6.38. The summed E-state index contributed by atoms with van der Waals surface area (Å²) in [7, 11) is 0. The standard InChI is InChI=1S/C24H25ClF2N2O3/c1-14(8-15-2-4-17(26)5-3-15)28-23(31)24-10-16(11-24)21(12-24)29-22(30)13-32-18-6-7-19(25)20(27)9-18/h2-7,9,14,16,21H,8,10-13H2,1H3,(H,28,31)(H,29,30). The zero-order chi connectivity index (χ0) is 22.9. The van der Waals surface area contributed by atoms with E-state index in [2.05, 4.69) is 10.6 Å². The number of fused-ring (bicyclic) bond motifs is 1. The fourth-order valence-electron chi connectivity index (χ4n) is 4.80. The summed E-state index contributed by atoms with van der Waals surface area (Å²) in [6, 6.07) is 10.1. The van der Waals surface area contributed by atoms with Gasteiger partial charge in [0.15, 0.2) is 6.61 Å². The van der Waals surface area contributed by atoms with E-state index in [1.807, 2.05) is 6.92 Å². The molecule has 170 valence electrons. The van der Waals surface area contributed by atoms with E-state index in [-0.39, 0.29) is 53.0 Å². The highest BCUT2D eigenvalue weighted by Crippen LogP contribution is 2.58. The van der Waals surface area contributed by atoms with Crippen LogP contribution in [0.15, 0.2) is 42.5 Å². The molecule has 2 atom stereocenters. The number of hydrogen-bond donors (Lipinski definition) is 2. The fraction of sp³-hybridized carbons (Fsp3) is 0.417. The second kappa shape index (κ2) is 9.06. The molecule has 3 saturated carbocycles. The lowest BCUT2D eigenvalue weighted by atomic mass is 9.69. The SMILES string of the molecule is CC(Cc1ccc(F)cc1)NC(=O)C12CC(C1)C(NC(=O)COc1ccc(Cl)c(F)c1)C2. The van der Waals surface area contributed by atoms with Crippen LogP contribution in [0, 0.1) is 23.0 Å². The average molecular weight is 463 g/mol. The van der Waals surface area contributed by atoms with Crippen molar-refractivity contribution in [1.29, 1.82) is 0 Å². The molecule has 2 bridgehead atoms. The van der Waals surface area contributed by atoms with Gasteiger partial charge in [-0.1, -0.05) is 23.7 Å². The Morgan fingerprint density at radius 1 is 1.16 bits per heavy atom. The van der Waals surface area contributed by atoms with Crippen molar-refractivity contribution in [3.8, 4) is 5.75 Å². The number of carbonyl (C=O) groups is 2. The van der Waals surface area contributed by atoms with Crippen LogP contribution in [0.25, 0.3) is 0 Å². The van der Waals surface area contributed by atoms with Crippen LogP contribution in [0.5, 0.6) is 5.75 Å². The van der Waals surface area contributed by atoms with Crippen LogP contribution in [0.1, 0.15) is 31.7 Å². The van der Waals surface area contributed by atoms with Gasteiger partial charge in [-0.15, -0.1) is 0 Å². The third-order valence-electron chi connectivity index (χ3n) is 6.41. The Bertz CT molecular complexity index is 1010. The highest BCUT2D eigenvalue weighted by atomic mass is 35.5. The van der Waals surface area contributed by atoms with Crippen LogP contribution in [0.2, 0.25) is 5.02 Å². The lowest BCUT2D eigenvalue weighted by molar-refractivity contribution is -0.135. The van der Waals surface area contributed by atoms with Gasteiger partial charge in [0.25, 0.3) is 5.91 Å². The topological polar surface area (TPSA) is 67.4 Å². The number of nitrogens with one attached hydrogen (secondary N) is 2. The largest absolute Gasteiger partial charge is 0.484 e. The van der Waals surface area contributed by atoms with Crippen LogP contribution < -0.4 is 15.4 Å². The Hall–Kier alpha value is -2.67. The fourth-order valence-corrected chi connectivity index (χ4v) is 4.91. The zero-order valence-electron chi connectivity index (χ0n) is 17.7. The van der Waals surface area contributed by atoms with Crippen LogP contribution in [0.4, 0.5) is 8.78 Å². The Balaban J connectivity index is 1.24. The third-order valence-corrected chi connectivity index (χ3v) is 6.71. The minimum atomic E-state index is -0.609. The summed E-state index contributed by atoms with van der Waals surface area (Å²) in [6.07, 6.45) is 2.70. The molecule has 0 heterocycles. The van der Waals surface area contributed by atoms with E-state index in [0.717, 1.165) is 24.5 Å². The normalized spacial score (nSPS) is 24.4. The van der Waals surface area contributed by atoms with E-state index in [1.54, 1.807) is 12.1 Å². The second-order valence-electron chi connectivity index (χ2n) is 8.90. The Labute approximate surface area is 190 Å². The molecular formula is C24H25ClF2N2O3. The summed E-state index contributed by atoms with van der Waals surface area (Å²) in [4.78, 5) is 25.2. The van der Waals surface area contributed by atoms with Crippen LogP contribution in [-0.2, 0) is 16.0 Å². The predicted molar refractivity (Wildman–Crippen MR) is 116 cm³/mol. The van der Waals surface area contributed by atoms with Crippen molar-refractivity contribution < 1.29 is 23.1 Å². The van der Waals surface area contributed by atoms with Gasteiger partial charge in [-0.2, -0.15) is 0 Å². The molecule has 2 aromatic rings. The molecule has 0 spiro atoms. The molecule has 2 N–H and O–H groups in total. The molecule has 2 aromatic carbocycles. The maximum atomic E-state index is 13.5. The molecule has 3 aliphatic carbocycles. The number of amides is 2. The van der Waals surface area contributed by atoms with Crippen molar-refractivity contribution in [2.24, 2.45) is 11.3 Å². The van der Waals surface area contributed by atoms with E-state index in [0.29, 0.717) is 12.8 Å². The zero-order valence-corrected chi connectivity index (χ0v) is 18.4. The first kappa shape index (κ1) is 22.5. The Morgan fingerprint density at radius 2 is 1.88 bits per heavy atom. The summed E-state index contributed by atoms with van der Waals surface area (Å²) in [5, 5.41) is 6.01. The van der Waals surface area contributed by atoms with Gasteiger partial charge >= 0.3 is 0 Å². The molecule has 0 aliphatic heterocycles. The van der Waals surface area contributed by atoms with Gasteiger partial charge in [0.1, 0.15) is 17.4 Å². The number of ether oxygens (including phenoxy) is 1. The molecule has 0 radical (unpaired) electrons. The average Bonchev–Trinajstić information content (AvgIpc) is 3.26.